The zero-order valence-electron chi connectivity index (χ0n) is 7.79. The van der Waals surface area contributed by atoms with Crippen LogP contribution in [0, 0.1) is 0 Å². The lowest BCUT2D eigenvalue weighted by molar-refractivity contribution is -0.286. The molecule has 3 heteroatoms. The molecule has 0 aromatic rings. The van der Waals surface area contributed by atoms with E-state index in [0.29, 0.717) is 12.0 Å². The highest BCUT2D eigenvalue weighted by molar-refractivity contribution is 5.00. The van der Waals surface area contributed by atoms with Gasteiger partial charge in [0.1, 0.15) is 6.10 Å². The lowest BCUT2D eigenvalue weighted by Crippen LogP contribution is -2.28. The molecule has 0 aliphatic rings. The topological polar surface area (TPSA) is 49.7 Å². The maximum Gasteiger partial charge on any atom is 0.139 e. The van der Waals surface area contributed by atoms with Gasteiger partial charge in [0, 0.05) is 0 Å². The largest absolute Gasteiger partial charge is 0.390 e. The van der Waals surface area contributed by atoms with Crippen molar-refractivity contribution in [2.24, 2.45) is 0 Å². The molecule has 3 nitrogen and oxygen atoms in total. The van der Waals surface area contributed by atoms with E-state index in [-0.39, 0.29) is 0 Å². The summed E-state index contributed by atoms with van der Waals surface area (Å²) >= 11 is 0. The maximum absolute atomic E-state index is 9.46. The molecule has 0 radical (unpaired) electrons. The van der Waals surface area contributed by atoms with Crippen molar-refractivity contribution < 1.29 is 15.3 Å². The fourth-order valence-corrected chi connectivity index (χ4v) is 1.05. The van der Waals surface area contributed by atoms with E-state index in [1.165, 1.54) is 0 Å². The lowest BCUT2D eigenvalue weighted by atomic mass is 10.0. The standard InChI is InChI=1S/C9H18O3/c1-4-5-6-8(10)9(12-11)7(2)3/h8-11H,2,4-6H2,1,3H3/t8-,9+/m1/s1. The number of unbranched alkanes of at least 4 members (excludes halogenated alkanes) is 1. The van der Waals surface area contributed by atoms with Gasteiger partial charge in [0.05, 0.1) is 6.10 Å². The van der Waals surface area contributed by atoms with Crippen LogP contribution in [0.25, 0.3) is 0 Å². The summed E-state index contributed by atoms with van der Waals surface area (Å²) in [6.07, 6.45) is 1.29. The maximum atomic E-state index is 9.46. The van der Waals surface area contributed by atoms with Gasteiger partial charge in [-0.1, -0.05) is 26.3 Å². The van der Waals surface area contributed by atoms with Crippen molar-refractivity contribution in [1.29, 1.82) is 0 Å². The predicted molar refractivity (Wildman–Crippen MR) is 47.8 cm³/mol. The number of aliphatic hydroxyl groups is 1. The zero-order valence-corrected chi connectivity index (χ0v) is 7.79. The van der Waals surface area contributed by atoms with Crippen LogP contribution in [0.5, 0.6) is 0 Å². The van der Waals surface area contributed by atoms with Gasteiger partial charge in [0.2, 0.25) is 0 Å². The van der Waals surface area contributed by atoms with Gasteiger partial charge in [-0.05, 0) is 18.9 Å². The molecule has 0 aliphatic heterocycles. The van der Waals surface area contributed by atoms with Crippen LogP contribution in [-0.2, 0) is 4.89 Å². The monoisotopic (exact) mass is 174 g/mol. The van der Waals surface area contributed by atoms with E-state index < -0.39 is 12.2 Å². The Bertz CT molecular complexity index is 134. The first kappa shape index (κ1) is 11.6. The quantitative estimate of drug-likeness (QED) is 0.368. The Labute approximate surface area is 73.6 Å². The van der Waals surface area contributed by atoms with Crippen molar-refractivity contribution >= 4 is 0 Å². The average molecular weight is 174 g/mol. The van der Waals surface area contributed by atoms with E-state index in [1.54, 1.807) is 6.92 Å². The Morgan fingerprint density at radius 2 is 2.17 bits per heavy atom. The molecule has 0 amide bonds. The van der Waals surface area contributed by atoms with E-state index in [1.807, 2.05) is 6.92 Å². The third-order valence-corrected chi connectivity index (χ3v) is 1.80. The first-order chi connectivity index (χ1) is 5.63. The average Bonchev–Trinajstić information content (AvgIpc) is 2.01. The molecule has 0 bridgehead atoms. The molecule has 0 aliphatic carbocycles. The third-order valence-electron chi connectivity index (χ3n) is 1.80. The van der Waals surface area contributed by atoms with E-state index in [9.17, 15) is 5.11 Å². The van der Waals surface area contributed by atoms with E-state index in [4.69, 9.17) is 5.26 Å². The van der Waals surface area contributed by atoms with Gasteiger partial charge in [-0.25, -0.2) is 4.89 Å². The van der Waals surface area contributed by atoms with Crippen LogP contribution in [0.2, 0.25) is 0 Å². The molecule has 0 rings (SSSR count). The molecule has 72 valence electrons. The molecule has 0 fully saturated rings. The summed E-state index contributed by atoms with van der Waals surface area (Å²) in [6.45, 7) is 7.37. The summed E-state index contributed by atoms with van der Waals surface area (Å²) < 4.78 is 0. The van der Waals surface area contributed by atoms with Gasteiger partial charge < -0.3 is 5.11 Å². The molecule has 2 N–H and O–H groups in total. The first-order valence-corrected chi connectivity index (χ1v) is 4.27. The second-order valence-electron chi connectivity index (χ2n) is 3.08. The van der Waals surface area contributed by atoms with Crippen molar-refractivity contribution in [3.63, 3.8) is 0 Å². The van der Waals surface area contributed by atoms with Gasteiger partial charge in [-0.15, -0.1) is 0 Å². The Kier molecular flexibility index (Phi) is 5.98. The van der Waals surface area contributed by atoms with Crippen molar-refractivity contribution in [2.45, 2.75) is 45.3 Å². The van der Waals surface area contributed by atoms with Crippen LogP contribution < -0.4 is 0 Å². The molecular weight excluding hydrogens is 156 g/mol. The van der Waals surface area contributed by atoms with Crippen LogP contribution in [-0.4, -0.2) is 22.6 Å². The molecule has 0 saturated carbocycles. The number of aliphatic hydroxyl groups excluding tert-OH is 1. The van der Waals surface area contributed by atoms with E-state index in [0.717, 1.165) is 12.8 Å². The normalized spacial score (nSPS) is 15.7. The fraction of sp³-hybridized carbons (Fsp3) is 0.778. The van der Waals surface area contributed by atoms with Crippen LogP contribution in [0.4, 0.5) is 0 Å². The SMILES string of the molecule is C=C(C)[C@H](OO)[C@H](O)CCCC. The molecule has 0 aromatic carbocycles. The van der Waals surface area contributed by atoms with Crippen molar-refractivity contribution in [3.8, 4) is 0 Å². The van der Waals surface area contributed by atoms with Gasteiger partial charge in [-0.3, -0.25) is 5.26 Å². The zero-order chi connectivity index (χ0) is 9.56. The van der Waals surface area contributed by atoms with Gasteiger partial charge in [-0.2, -0.15) is 0 Å². The summed E-state index contributed by atoms with van der Waals surface area (Å²) in [4.78, 5) is 4.12. The van der Waals surface area contributed by atoms with Crippen molar-refractivity contribution in [3.05, 3.63) is 12.2 Å². The minimum atomic E-state index is -0.646. The summed E-state index contributed by atoms with van der Waals surface area (Å²) in [7, 11) is 0. The summed E-state index contributed by atoms with van der Waals surface area (Å²) in [5.74, 6) is 0. The molecule has 0 unspecified atom stereocenters. The molecule has 0 heterocycles. The lowest BCUT2D eigenvalue weighted by Gasteiger charge is -2.19. The summed E-state index contributed by atoms with van der Waals surface area (Å²) in [6, 6.07) is 0. The Balaban J connectivity index is 3.85. The second kappa shape index (κ2) is 6.17. The molecular formula is C9H18O3. The molecule has 2 atom stereocenters. The van der Waals surface area contributed by atoms with Crippen LogP contribution in [0.1, 0.15) is 33.1 Å². The number of hydrogen-bond donors (Lipinski definition) is 2. The highest BCUT2D eigenvalue weighted by Gasteiger charge is 2.19. The Morgan fingerprint density at radius 3 is 2.50 bits per heavy atom. The van der Waals surface area contributed by atoms with Crippen LogP contribution in [0.15, 0.2) is 12.2 Å². The predicted octanol–water partition coefficient (Wildman–Crippen LogP) is 1.97. The van der Waals surface area contributed by atoms with Crippen molar-refractivity contribution in [1.82, 2.24) is 0 Å². The van der Waals surface area contributed by atoms with Gasteiger partial charge >= 0.3 is 0 Å². The first-order valence-electron chi connectivity index (χ1n) is 4.27. The summed E-state index contributed by atoms with van der Waals surface area (Å²) in [5.41, 5.74) is 0.640. The molecule has 12 heavy (non-hydrogen) atoms. The minimum Gasteiger partial charge on any atom is -0.390 e. The highest BCUT2D eigenvalue weighted by Crippen LogP contribution is 2.13. The smallest absolute Gasteiger partial charge is 0.139 e. The van der Waals surface area contributed by atoms with E-state index >= 15 is 0 Å². The Hall–Kier alpha value is -0.380. The van der Waals surface area contributed by atoms with Gasteiger partial charge in [0.25, 0.3) is 0 Å². The van der Waals surface area contributed by atoms with Crippen molar-refractivity contribution in [2.75, 3.05) is 0 Å². The number of hydrogen-bond acceptors (Lipinski definition) is 3. The number of rotatable bonds is 6. The fourth-order valence-electron chi connectivity index (χ4n) is 1.05. The highest BCUT2D eigenvalue weighted by atomic mass is 17.1. The summed E-state index contributed by atoms with van der Waals surface area (Å²) in [5, 5.41) is 17.9. The second-order valence-corrected chi connectivity index (χ2v) is 3.08. The van der Waals surface area contributed by atoms with E-state index in [2.05, 4.69) is 11.5 Å². The van der Waals surface area contributed by atoms with Crippen LogP contribution in [0.3, 0.4) is 0 Å². The molecule has 0 spiro atoms. The molecule has 0 aromatic heterocycles. The Morgan fingerprint density at radius 1 is 1.58 bits per heavy atom. The third kappa shape index (κ3) is 3.85. The van der Waals surface area contributed by atoms with Crippen LogP contribution >= 0.6 is 0 Å². The molecule has 0 saturated heterocycles. The minimum absolute atomic E-state index is 0.634. The van der Waals surface area contributed by atoms with Gasteiger partial charge in [0.15, 0.2) is 0 Å².